The van der Waals surface area contributed by atoms with Crippen LogP contribution in [0.25, 0.3) is 22.3 Å². The zero-order valence-corrected chi connectivity index (χ0v) is 18.1. The SMILES string of the molecule is C=CC(=O)OCCc1cccc(-c2ccc(-c3ccc(CCCO)cc3)c(CC)c2)c1. The Bertz CT molecular complexity index is 1020. The first-order chi connectivity index (χ1) is 15.1. The summed E-state index contributed by atoms with van der Waals surface area (Å²) in [5.41, 5.74) is 8.52. The van der Waals surface area contributed by atoms with Crippen LogP contribution in [0.15, 0.2) is 79.4 Å². The van der Waals surface area contributed by atoms with Gasteiger partial charge in [-0.25, -0.2) is 4.79 Å². The van der Waals surface area contributed by atoms with Crippen molar-refractivity contribution < 1.29 is 14.6 Å². The number of benzene rings is 3. The maximum atomic E-state index is 11.2. The average molecular weight is 415 g/mol. The average Bonchev–Trinajstić information content (AvgIpc) is 2.82. The van der Waals surface area contributed by atoms with Crippen LogP contribution in [0.2, 0.25) is 0 Å². The largest absolute Gasteiger partial charge is 0.462 e. The number of esters is 1. The quantitative estimate of drug-likeness (QED) is 0.338. The van der Waals surface area contributed by atoms with Crippen LogP contribution in [0.4, 0.5) is 0 Å². The van der Waals surface area contributed by atoms with Gasteiger partial charge in [0.15, 0.2) is 0 Å². The van der Waals surface area contributed by atoms with E-state index in [0.29, 0.717) is 13.0 Å². The summed E-state index contributed by atoms with van der Waals surface area (Å²) in [4.78, 5) is 11.2. The molecule has 0 aliphatic rings. The summed E-state index contributed by atoms with van der Waals surface area (Å²) < 4.78 is 5.10. The number of hydrogen-bond acceptors (Lipinski definition) is 3. The minimum Gasteiger partial charge on any atom is -0.462 e. The van der Waals surface area contributed by atoms with E-state index >= 15 is 0 Å². The van der Waals surface area contributed by atoms with Crippen LogP contribution in [0.1, 0.15) is 30.0 Å². The van der Waals surface area contributed by atoms with E-state index in [1.165, 1.54) is 33.9 Å². The third kappa shape index (κ3) is 6.16. The standard InChI is InChI=1S/C28H30O3/c1-3-23-20-26(25-9-5-7-22(19-25)16-18-31-28(30)4-2)14-15-27(23)24-12-10-21(11-13-24)8-6-17-29/h4-5,7,9-15,19-20,29H,2-3,6,8,16-18H2,1H3. The van der Waals surface area contributed by atoms with Gasteiger partial charge < -0.3 is 9.84 Å². The highest BCUT2D eigenvalue weighted by Crippen LogP contribution is 2.30. The number of aliphatic hydroxyl groups excluding tert-OH is 1. The lowest BCUT2D eigenvalue weighted by Crippen LogP contribution is -2.04. The van der Waals surface area contributed by atoms with Gasteiger partial charge in [0.05, 0.1) is 6.61 Å². The van der Waals surface area contributed by atoms with Gasteiger partial charge >= 0.3 is 5.97 Å². The molecule has 3 aromatic carbocycles. The first kappa shape index (κ1) is 22.5. The molecule has 0 fully saturated rings. The number of aryl methyl sites for hydroxylation is 2. The van der Waals surface area contributed by atoms with E-state index < -0.39 is 0 Å². The minimum absolute atomic E-state index is 0.227. The molecule has 0 saturated heterocycles. The molecule has 0 spiro atoms. The van der Waals surface area contributed by atoms with Crippen molar-refractivity contribution in [3.8, 4) is 22.3 Å². The third-order valence-electron chi connectivity index (χ3n) is 5.44. The molecule has 0 saturated carbocycles. The number of aliphatic hydroxyl groups is 1. The maximum Gasteiger partial charge on any atom is 0.330 e. The van der Waals surface area contributed by atoms with E-state index in [9.17, 15) is 4.79 Å². The zero-order valence-electron chi connectivity index (χ0n) is 18.1. The Morgan fingerprint density at radius 3 is 2.39 bits per heavy atom. The lowest BCUT2D eigenvalue weighted by Gasteiger charge is -2.13. The molecule has 0 unspecified atom stereocenters. The summed E-state index contributed by atoms with van der Waals surface area (Å²) in [5, 5.41) is 9.02. The Labute approximate surface area is 185 Å². The zero-order chi connectivity index (χ0) is 22.1. The first-order valence-corrected chi connectivity index (χ1v) is 10.9. The van der Waals surface area contributed by atoms with Gasteiger partial charge in [-0.15, -0.1) is 0 Å². The van der Waals surface area contributed by atoms with Crippen molar-refractivity contribution in [2.45, 2.75) is 32.6 Å². The molecule has 0 radical (unpaired) electrons. The Balaban J connectivity index is 1.79. The molecule has 3 nitrogen and oxygen atoms in total. The number of ether oxygens (including phenoxy) is 1. The van der Waals surface area contributed by atoms with Crippen LogP contribution in [-0.2, 0) is 28.8 Å². The summed E-state index contributed by atoms with van der Waals surface area (Å²) in [6, 6.07) is 23.7. The topological polar surface area (TPSA) is 46.5 Å². The van der Waals surface area contributed by atoms with Crippen molar-refractivity contribution in [1.29, 1.82) is 0 Å². The van der Waals surface area contributed by atoms with Crippen molar-refractivity contribution >= 4 is 5.97 Å². The summed E-state index contributed by atoms with van der Waals surface area (Å²) >= 11 is 0. The second-order valence-corrected chi connectivity index (χ2v) is 7.57. The maximum absolute atomic E-state index is 11.2. The third-order valence-corrected chi connectivity index (χ3v) is 5.44. The van der Waals surface area contributed by atoms with E-state index in [-0.39, 0.29) is 12.6 Å². The molecule has 0 aromatic heterocycles. The van der Waals surface area contributed by atoms with Gasteiger partial charge in [0, 0.05) is 19.1 Å². The number of carbonyl (C=O) groups is 1. The van der Waals surface area contributed by atoms with Crippen LogP contribution in [0, 0.1) is 0 Å². The van der Waals surface area contributed by atoms with Crippen LogP contribution in [0.3, 0.4) is 0 Å². The van der Waals surface area contributed by atoms with E-state index in [1.54, 1.807) is 0 Å². The Morgan fingerprint density at radius 2 is 1.68 bits per heavy atom. The fourth-order valence-electron chi connectivity index (χ4n) is 3.72. The van der Waals surface area contributed by atoms with Gasteiger partial charge in [-0.05, 0) is 58.2 Å². The van der Waals surface area contributed by atoms with Crippen LogP contribution >= 0.6 is 0 Å². The highest BCUT2D eigenvalue weighted by Gasteiger charge is 2.08. The summed E-state index contributed by atoms with van der Waals surface area (Å²) in [7, 11) is 0. The van der Waals surface area contributed by atoms with Gasteiger partial charge in [0.1, 0.15) is 0 Å². The lowest BCUT2D eigenvalue weighted by atomic mass is 9.92. The normalized spacial score (nSPS) is 10.6. The van der Waals surface area contributed by atoms with E-state index in [0.717, 1.165) is 30.4 Å². The van der Waals surface area contributed by atoms with E-state index in [1.807, 2.05) is 6.07 Å². The second kappa shape index (κ2) is 11.3. The van der Waals surface area contributed by atoms with Gasteiger partial charge in [-0.3, -0.25) is 0 Å². The monoisotopic (exact) mass is 414 g/mol. The Morgan fingerprint density at radius 1 is 0.935 bits per heavy atom. The molecule has 0 aliphatic heterocycles. The predicted molar refractivity (Wildman–Crippen MR) is 127 cm³/mol. The Hall–Kier alpha value is -3.17. The minimum atomic E-state index is -0.388. The Kier molecular flexibility index (Phi) is 8.19. The van der Waals surface area contributed by atoms with Crippen molar-refractivity contribution in [3.63, 3.8) is 0 Å². The lowest BCUT2D eigenvalue weighted by molar-refractivity contribution is -0.137. The molecule has 3 aromatic rings. The molecule has 0 amide bonds. The highest BCUT2D eigenvalue weighted by atomic mass is 16.5. The molecule has 3 heteroatoms. The van der Waals surface area contributed by atoms with Crippen LogP contribution in [0.5, 0.6) is 0 Å². The van der Waals surface area contributed by atoms with Crippen LogP contribution in [-0.4, -0.2) is 24.3 Å². The number of hydrogen-bond donors (Lipinski definition) is 1. The highest BCUT2D eigenvalue weighted by molar-refractivity contribution is 5.81. The van der Waals surface area contributed by atoms with Crippen molar-refractivity contribution in [2.75, 3.05) is 13.2 Å². The smallest absolute Gasteiger partial charge is 0.330 e. The fraction of sp³-hybridized carbons (Fsp3) is 0.250. The predicted octanol–water partition coefficient (Wildman–Crippen LogP) is 5.78. The molecule has 0 aliphatic carbocycles. The van der Waals surface area contributed by atoms with E-state index in [2.05, 4.69) is 74.2 Å². The molecule has 31 heavy (non-hydrogen) atoms. The van der Waals surface area contributed by atoms with Gasteiger partial charge in [0.2, 0.25) is 0 Å². The van der Waals surface area contributed by atoms with E-state index in [4.69, 9.17) is 9.84 Å². The molecular weight excluding hydrogens is 384 g/mol. The van der Waals surface area contributed by atoms with Gasteiger partial charge in [-0.1, -0.05) is 80.2 Å². The van der Waals surface area contributed by atoms with Gasteiger partial charge in [0.25, 0.3) is 0 Å². The molecule has 160 valence electrons. The van der Waals surface area contributed by atoms with Crippen LogP contribution < -0.4 is 0 Å². The summed E-state index contributed by atoms with van der Waals surface area (Å²) in [6.07, 6.45) is 4.51. The number of carbonyl (C=O) groups excluding carboxylic acids is 1. The fourth-order valence-corrected chi connectivity index (χ4v) is 3.72. The molecule has 1 N–H and O–H groups in total. The molecule has 0 heterocycles. The second-order valence-electron chi connectivity index (χ2n) is 7.57. The van der Waals surface area contributed by atoms with Crippen molar-refractivity contribution in [2.24, 2.45) is 0 Å². The first-order valence-electron chi connectivity index (χ1n) is 10.9. The van der Waals surface area contributed by atoms with Gasteiger partial charge in [-0.2, -0.15) is 0 Å². The summed E-state index contributed by atoms with van der Waals surface area (Å²) in [5.74, 6) is -0.388. The molecule has 3 rings (SSSR count). The summed E-state index contributed by atoms with van der Waals surface area (Å²) in [6.45, 7) is 6.18. The van der Waals surface area contributed by atoms with Crippen molar-refractivity contribution in [1.82, 2.24) is 0 Å². The molecular formula is C28H30O3. The number of rotatable bonds is 10. The van der Waals surface area contributed by atoms with Crippen molar-refractivity contribution in [3.05, 3.63) is 96.1 Å². The molecule has 0 atom stereocenters. The molecule has 0 bridgehead atoms.